The van der Waals surface area contributed by atoms with E-state index >= 15 is 0 Å². The van der Waals surface area contributed by atoms with E-state index in [2.05, 4.69) is 21.0 Å². The molecule has 0 bridgehead atoms. The van der Waals surface area contributed by atoms with Gasteiger partial charge in [-0.25, -0.2) is 9.07 Å². The molecule has 1 fully saturated rings. The van der Waals surface area contributed by atoms with Crippen LogP contribution >= 0.6 is 23.8 Å². The summed E-state index contributed by atoms with van der Waals surface area (Å²) in [7, 11) is 1.89. The van der Waals surface area contributed by atoms with Gasteiger partial charge < -0.3 is 9.47 Å². The average Bonchev–Trinajstić information content (AvgIpc) is 2.98. The Balaban J connectivity index is 1.45. The molecule has 1 aromatic heterocycles. The molecule has 28 heavy (non-hydrogen) atoms. The van der Waals surface area contributed by atoms with Crippen LogP contribution in [0.1, 0.15) is 0 Å². The van der Waals surface area contributed by atoms with Crippen molar-refractivity contribution < 1.29 is 4.39 Å². The Morgan fingerprint density at radius 2 is 1.79 bits per heavy atom. The van der Waals surface area contributed by atoms with Crippen LogP contribution in [0, 0.1) is 10.6 Å². The van der Waals surface area contributed by atoms with Crippen molar-refractivity contribution in [3.05, 3.63) is 64.1 Å². The summed E-state index contributed by atoms with van der Waals surface area (Å²) in [5.74, 6) is 0.476. The van der Waals surface area contributed by atoms with Crippen molar-refractivity contribution in [1.82, 2.24) is 19.2 Å². The lowest BCUT2D eigenvalue weighted by atomic mass is 10.2. The molecular weight excluding hydrogens is 397 g/mol. The normalized spacial score (nSPS) is 15.2. The van der Waals surface area contributed by atoms with Crippen molar-refractivity contribution in [2.75, 3.05) is 31.1 Å². The molecule has 0 radical (unpaired) electrons. The number of anilines is 1. The van der Waals surface area contributed by atoms with Gasteiger partial charge in [-0.2, -0.15) is 5.10 Å². The number of halogens is 2. The highest BCUT2D eigenvalue weighted by Crippen LogP contribution is 2.21. The fourth-order valence-electron chi connectivity index (χ4n) is 3.44. The Hall–Kier alpha value is -2.22. The van der Waals surface area contributed by atoms with Crippen molar-refractivity contribution in [2.45, 2.75) is 6.67 Å². The van der Waals surface area contributed by atoms with Gasteiger partial charge in [0.05, 0.1) is 6.67 Å². The molecule has 0 amide bonds. The zero-order valence-electron chi connectivity index (χ0n) is 15.6. The molecule has 2 heterocycles. The topological polar surface area (TPSA) is 29.2 Å². The summed E-state index contributed by atoms with van der Waals surface area (Å²) in [4.78, 5) is 4.67. The van der Waals surface area contributed by atoms with Gasteiger partial charge in [-0.05, 0) is 54.7 Å². The standard InChI is InChI=1S/C20H21ClFN5S/c1-24-19(15-5-7-17(22)8-6-15)23-27(20(24)28)14-25-9-11-26(12-10-25)18-4-2-3-16(21)13-18/h2-8,13H,9-12,14H2,1H3. The van der Waals surface area contributed by atoms with Gasteiger partial charge in [0.2, 0.25) is 0 Å². The molecule has 5 nitrogen and oxygen atoms in total. The van der Waals surface area contributed by atoms with Crippen LogP contribution in [0.3, 0.4) is 0 Å². The van der Waals surface area contributed by atoms with Crippen molar-refractivity contribution in [3.63, 3.8) is 0 Å². The third kappa shape index (κ3) is 3.97. The van der Waals surface area contributed by atoms with Crippen molar-refractivity contribution >= 4 is 29.5 Å². The van der Waals surface area contributed by atoms with E-state index < -0.39 is 0 Å². The first-order chi connectivity index (χ1) is 13.5. The number of nitrogens with zero attached hydrogens (tertiary/aromatic N) is 5. The van der Waals surface area contributed by atoms with E-state index in [1.165, 1.54) is 12.1 Å². The number of aromatic nitrogens is 3. The summed E-state index contributed by atoms with van der Waals surface area (Å²) in [5, 5.41) is 5.43. The summed E-state index contributed by atoms with van der Waals surface area (Å²) in [6, 6.07) is 14.3. The van der Waals surface area contributed by atoms with Crippen LogP contribution < -0.4 is 4.90 Å². The van der Waals surface area contributed by atoms with Gasteiger partial charge in [-0.1, -0.05) is 17.7 Å². The van der Waals surface area contributed by atoms with Gasteiger partial charge in [0.15, 0.2) is 10.6 Å². The molecule has 2 aromatic carbocycles. The van der Waals surface area contributed by atoms with Crippen LogP contribution in [-0.4, -0.2) is 45.4 Å². The molecule has 0 atom stereocenters. The first-order valence-electron chi connectivity index (χ1n) is 9.14. The first-order valence-corrected chi connectivity index (χ1v) is 9.92. The third-order valence-corrected chi connectivity index (χ3v) is 5.74. The molecule has 0 spiro atoms. The first kappa shape index (κ1) is 19.1. The molecule has 0 aliphatic carbocycles. The van der Waals surface area contributed by atoms with E-state index in [0.717, 1.165) is 48.3 Å². The van der Waals surface area contributed by atoms with Crippen LogP contribution in [0.4, 0.5) is 10.1 Å². The van der Waals surface area contributed by atoms with E-state index in [1.807, 2.05) is 34.5 Å². The number of benzene rings is 2. The molecular formula is C20H21ClFN5S. The lowest BCUT2D eigenvalue weighted by molar-refractivity contribution is 0.194. The number of rotatable bonds is 4. The Bertz CT molecular complexity index is 1020. The summed E-state index contributed by atoms with van der Waals surface area (Å²) in [5.41, 5.74) is 2.00. The highest BCUT2D eigenvalue weighted by molar-refractivity contribution is 7.71. The van der Waals surface area contributed by atoms with Gasteiger partial charge in [0.25, 0.3) is 0 Å². The Kier molecular flexibility index (Phi) is 5.48. The Morgan fingerprint density at radius 1 is 1.07 bits per heavy atom. The highest BCUT2D eigenvalue weighted by atomic mass is 35.5. The maximum Gasteiger partial charge on any atom is 0.199 e. The zero-order chi connectivity index (χ0) is 19.7. The summed E-state index contributed by atoms with van der Waals surface area (Å²) >= 11 is 11.7. The molecule has 0 unspecified atom stereocenters. The van der Waals surface area contributed by atoms with Gasteiger partial charge in [0, 0.05) is 49.5 Å². The van der Waals surface area contributed by atoms with E-state index in [4.69, 9.17) is 23.8 Å². The number of hydrogen-bond acceptors (Lipinski definition) is 4. The molecule has 0 N–H and O–H groups in total. The maximum absolute atomic E-state index is 13.2. The van der Waals surface area contributed by atoms with Gasteiger partial charge in [0.1, 0.15) is 5.82 Å². The molecule has 8 heteroatoms. The van der Waals surface area contributed by atoms with Gasteiger partial charge in [-0.15, -0.1) is 0 Å². The summed E-state index contributed by atoms with van der Waals surface area (Å²) in [6.07, 6.45) is 0. The lowest BCUT2D eigenvalue weighted by Crippen LogP contribution is -2.47. The fraction of sp³-hybridized carbons (Fsp3) is 0.300. The average molecular weight is 418 g/mol. The molecule has 0 saturated carbocycles. The smallest absolute Gasteiger partial charge is 0.199 e. The predicted molar refractivity (Wildman–Crippen MR) is 113 cm³/mol. The van der Waals surface area contributed by atoms with E-state index in [1.54, 1.807) is 12.1 Å². The van der Waals surface area contributed by atoms with Gasteiger partial charge in [-0.3, -0.25) is 4.90 Å². The third-order valence-electron chi connectivity index (χ3n) is 5.02. The number of piperazine rings is 1. The monoisotopic (exact) mass is 417 g/mol. The highest BCUT2D eigenvalue weighted by Gasteiger charge is 2.19. The van der Waals surface area contributed by atoms with E-state index in [-0.39, 0.29) is 5.82 Å². The minimum Gasteiger partial charge on any atom is -0.369 e. The second-order valence-corrected chi connectivity index (χ2v) is 7.70. The molecule has 1 aliphatic rings. The zero-order valence-corrected chi connectivity index (χ0v) is 17.1. The molecule has 3 aromatic rings. The quantitative estimate of drug-likeness (QED) is 0.595. The van der Waals surface area contributed by atoms with E-state index in [9.17, 15) is 4.39 Å². The minimum absolute atomic E-state index is 0.262. The summed E-state index contributed by atoms with van der Waals surface area (Å²) in [6.45, 7) is 4.31. The second-order valence-electron chi connectivity index (χ2n) is 6.90. The van der Waals surface area contributed by atoms with Crippen LogP contribution in [0.15, 0.2) is 48.5 Å². The second kappa shape index (κ2) is 8.03. The fourth-order valence-corrected chi connectivity index (χ4v) is 3.81. The lowest BCUT2D eigenvalue weighted by Gasteiger charge is -2.35. The van der Waals surface area contributed by atoms with Crippen LogP contribution in [0.25, 0.3) is 11.4 Å². The minimum atomic E-state index is -0.262. The number of hydrogen-bond donors (Lipinski definition) is 0. The molecule has 1 saturated heterocycles. The van der Waals surface area contributed by atoms with Crippen molar-refractivity contribution in [2.24, 2.45) is 7.05 Å². The molecule has 4 rings (SSSR count). The molecule has 1 aliphatic heterocycles. The van der Waals surface area contributed by atoms with Crippen LogP contribution in [0.5, 0.6) is 0 Å². The van der Waals surface area contributed by atoms with Crippen molar-refractivity contribution in [1.29, 1.82) is 0 Å². The van der Waals surface area contributed by atoms with Crippen LogP contribution in [-0.2, 0) is 13.7 Å². The van der Waals surface area contributed by atoms with Gasteiger partial charge >= 0.3 is 0 Å². The molecule has 146 valence electrons. The maximum atomic E-state index is 13.2. The Labute approximate surface area is 173 Å². The largest absolute Gasteiger partial charge is 0.369 e. The van der Waals surface area contributed by atoms with Crippen molar-refractivity contribution in [3.8, 4) is 11.4 Å². The summed E-state index contributed by atoms with van der Waals surface area (Å²) < 4.78 is 17.6. The van der Waals surface area contributed by atoms with E-state index in [0.29, 0.717) is 11.4 Å². The Morgan fingerprint density at radius 3 is 2.46 bits per heavy atom. The van der Waals surface area contributed by atoms with Crippen LogP contribution in [0.2, 0.25) is 5.02 Å². The SMILES string of the molecule is Cn1c(-c2ccc(F)cc2)nn(CN2CCN(c3cccc(Cl)c3)CC2)c1=S. The predicted octanol–water partition coefficient (Wildman–Crippen LogP) is 4.19.